The van der Waals surface area contributed by atoms with Gasteiger partial charge in [-0.25, -0.2) is 0 Å². The third-order valence-corrected chi connectivity index (χ3v) is 3.89. The lowest BCUT2D eigenvalue weighted by Crippen LogP contribution is -2.31. The molecule has 0 saturated carbocycles. The van der Waals surface area contributed by atoms with Gasteiger partial charge in [-0.1, -0.05) is 68.4 Å². The van der Waals surface area contributed by atoms with Crippen LogP contribution in [0, 0.1) is 0 Å². The van der Waals surface area contributed by atoms with E-state index < -0.39 is 6.10 Å². The zero-order chi connectivity index (χ0) is 15.2. The molecule has 0 heterocycles. The van der Waals surface area contributed by atoms with E-state index >= 15 is 0 Å². The van der Waals surface area contributed by atoms with Crippen LogP contribution in [0.1, 0.15) is 49.5 Å². The van der Waals surface area contributed by atoms with Crippen LogP contribution in [-0.4, -0.2) is 11.1 Å². The van der Waals surface area contributed by atoms with E-state index in [2.05, 4.69) is 43.4 Å². The molecule has 0 aromatic heterocycles. The van der Waals surface area contributed by atoms with Crippen LogP contribution in [-0.2, 0) is 6.54 Å². The fourth-order valence-corrected chi connectivity index (χ4v) is 2.35. The molecule has 2 N–H and O–H groups in total. The van der Waals surface area contributed by atoms with Gasteiger partial charge in [-0.2, -0.15) is 0 Å². The highest BCUT2D eigenvalue weighted by atomic mass is 16.3. The lowest BCUT2D eigenvalue weighted by Gasteiger charge is -2.21. The Morgan fingerprint density at radius 1 is 0.857 bits per heavy atom. The van der Waals surface area contributed by atoms with Gasteiger partial charge in [-0.3, -0.25) is 0 Å². The van der Waals surface area contributed by atoms with E-state index in [1.165, 1.54) is 11.1 Å². The molecule has 0 radical (unpaired) electrons. The molecule has 0 amide bonds. The van der Waals surface area contributed by atoms with Crippen molar-refractivity contribution in [3.63, 3.8) is 0 Å². The summed E-state index contributed by atoms with van der Waals surface area (Å²) < 4.78 is 0. The molecule has 2 unspecified atom stereocenters. The van der Waals surface area contributed by atoms with Crippen molar-refractivity contribution < 1.29 is 5.11 Å². The third-order valence-electron chi connectivity index (χ3n) is 3.89. The second-order valence-corrected chi connectivity index (χ2v) is 5.92. The summed E-state index contributed by atoms with van der Waals surface area (Å²) in [7, 11) is 0. The summed E-state index contributed by atoms with van der Waals surface area (Å²) >= 11 is 0. The quantitative estimate of drug-likeness (QED) is 0.839. The van der Waals surface area contributed by atoms with Gasteiger partial charge in [0.05, 0.1) is 6.10 Å². The van der Waals surface area contributed by atoms with E-state index in [9.17, 15) is 5.11 Å². The Bertz CT molecular complexity index is 533. The van der Waals surface area contributed by atoms with Crippen LogP contribution in [0.3, 0.4) is 0 Å². The van der Waals surface area contributed by atoms with Crippen LogP contribution in [0.5, 0.6) is 0 Å². The van der Waals surface area contributed by atoms with Crippen molar-refractivity contribution >= 4 is 0 Å². The number of benzene rings is 2. The molecule has 0 aliphatic rings. The predicted octanol–water partition coefficient (Wildman–Crippen LogP) is 4.02. The summed E-state index contributed by atoms with van der Waals surface area (Å²) in [6, 6.07) is 18.5. The van der Waals surface area contributed by atoms with Crippen LogP contribution in [0.2, 0.25) is 0 Å². The minimum absolute atomic E-state index is 0.00936. The van der Waals surface area contributed by atoms with Crippen LogP contribution >= 0.6 is 0 Å². The van der Waals surface area contributed by atoms with Gasteiger partial charge in [0.1, 0.15) is 0 Å². The number of aliphatic hydroxyl groups excluding tert-OH is 1. The molecule has 0 saturated heterocycles. The van der Waals surface area contributed by atoms with E-state index in [1.807, 2.05) is 37.3 Å². The first-order chi connectivity index (χ1) is 10.1. The first-order valence-corrected chi connectivity index (χ1v) is 7.63. The topological polar surface area (TPSA) is 32.3 Å². The fourth-order valence-electron chi connectivity index (χ4n) is 2.35. The molecule has 2 nitrogen and oxygen atoms in total. The van der Waals surface area contributed by atoms with Gasteiger partial charge < -0.3 is 10.4 Å². The molecule has 0 aliphatic carbocycles. The number of nitrogens with one attached hydrogen (secondary N) is 1. The van der Waals surface area contributed by atoms with Crippen molar-refractivity contribution in [1.29, 1.82) is 0 Å². The predicted molar refractivity (Wildman–Crippen MR) is 88.2 cm³/mol. The molecule has 21 heavy (non-hydrogen) atoms. The number of hydrogen-bond acceptors (Lipinski definition) is 2. The molecule has 0 bridgehead atoms. The van der Waals surface area contributed by atoms with Crippen molar-refractivity contribution in [2.24, 2.45) is 0 Å². The van der Waals surface area contributed by atoms with Gasteiger partial charge in [0.25, 0.3) is 0 Å². The molecule has 0 aliphatic heterocycles. The molecule has 0 fully saturated rings. The summed E-state index contributed by atoms with van der Waals surface area (Å²) in [4.78, 5) is 0. The Kier molecular flexibility index (Phi) is 5.54. The van der Waals surface area contributed by atoms with E-state index in [-0.39, 0.29) is 6.04 Å². The second kappa shape index (κ2) is 7.39. The molecule has 2 heteroatoms. The van der Waals surface area contributed by atoms with Gasteiger partial charge in [-0.15, -0.1) is 0 Å². The zero-order valence-corrected chi connectivity index (χ0v) is 13.1. The maximum Gasteiger partial charge on any atom is 0.0940 e. The Morgan fingerprint density at radius 2 is 1.43 bits per heavy atom. The SMILES string of the molecule is CC(C)c1ccc(C(O)C(C)NCc2ccccc2)cc1. The minimum Gasteiger partial charge on any atom is -0.387 e. The minimum atomic E-state index is -0.491. The van der Waals surface area contributed by atoms with Crippen LogP contribution in [0.25, 0.3) is 0 Å². The molecule has 2 aromatic rings. The first kappa shape index (κ1) is 15.7. The molecule has 112 valence electrons. The summed E-state index contributed by atoms with van der Waals surface area (Å²) in [6.45, 7) is 7.14. The largest absolute Gasteiger partial charge is 0.387 e. The van der Waals surface area contributed by atoms with Crippen molar-refractivity contribution in [1.82, 2.24) is 5.32 Å². The number of rotatable bonds is 6. The Hall–Kier alpha value is -1.64. The third kappa shape index (κ3) is 4.42. The van der Waals surface area contributed by atoms with Crippen LogP contribution in [0.15, 0.2) is 54.6 Å². The monoisotopic (exact) mass is 283 g/mol. The van der Waals surface area contributed by atoms with Crippen LogP contribution < -0.4 is 5.32 Å². The van der Waals surface area contributed by atoms with Gasteiger partial charge in [0, 0.05) is 12.6 Å². The van der Waals surface area contributed by atoms with E-state index in [0.29, 0.717) is 5.92 Å². The fraction of sp³-hybridized carbons (Fsp3) is 0.368. The molecule has 2 atom stereocenters. The Labute approximate surface area is 127 Å². The molecular formula is C19H25NO. The van der Waals surface area contributed by atoms with E-state index in [0.717, 1.165) is 12.1 Å². The number of hydrogen-bond donors (Lipinski definition) is 2. The van der Waals surface area contributed by atoms with Crippen molar-refractivity contribution in [3.8, 4) is 0 Å². The van der Waals surface area contributed by atoms with Gasteiger partial charge >= 0.3 is 0 Å². The van der Waals surface area contributed by atoms with Crippen molar-refractivity contribution in [2.75, 3.05) is 0 Å². The highest BCUT2D eigenvalue weighted by Crippen LogP contribution is 2.21. The lowest BCUT2D eigenvalue weighted by molar-refractivity contribution is 0.135. The zero-order valence-electron chi connectivity index (χ0n) is 13.1. The summed E-state index contributed by atoms with van der Waals surface area (Å²) in [6.07, 6.45) is -0.491. The highest BCUT2D eigenvalue weighted by molar-refractivity contribution is 5.26. The Balaban J connectivity index is 1.93. The molecule has 2 rings (SSSR count). The smallest absolute Gasteiger partial charge is 0.0940 e. The maximum absolute atomic E-state index is 10.4. The standard InChI is InChI=1S/C19H25NO/c1-14(2)17-9-11-18(12-10-17)19(21)15(3)20-13-16-7-5-4-6-8-16/h4-12,14-15,19-21H,13H2,1-3H3. The second-order valence-electron chi connectivity index (χ2n) is 5.92. The van der Waals surface area contributed by atoms with Gasteiger partial charge in [-0.05, 0) is 29.5 Å². The average molecular weight is 283 g/mol. The number of aliphatic hydroxyl groups is 1. The maximum atomic E-state index is 10.4. The molecule has 2 aromatic carbocycles. The van der Waals surface area contributed by atoms with E-state index in [1.54, 1.807) is 0 Å². The first-order valence-electron chi connectivity index (χ1n) is 7.63. The molecular weight excluding hydrogens is 258 g/mol. The summed E-state index contributed by atoms with van der Waals surface area (Å²) in [5.41, 5.74) is 3.50. The van der Waals surface area contributed by atoms with Crippen LogP contribution in [0.4, 0.5) is 0 Å². The summed E-state index contributed by atoms with van der Waals surface area (Å²) in [5.74, 6) is 0.518. The highest BCUT2D eigenvalue weighted by Gasteiger charge is 2.15. The van der Waals surface area contributed by atoms with E-state index in [4.69, 9.17) is 0 Å². The Morgan fingerprint density at radius 3 is 2.00 bits per heavy atom. The van der Waals surface area contributed by atoms with Crippen molar-refractivity contribution in [3.05, 3.63) is 71.3 Å². The van der Waals surface area contributed by atoms with Gasteiger partial charge in [0.2, 0.25) is 0 Å². The summed E-state index contributed by atoms with van der Waals surface area (Å²) in [5, 5.41) is 13.8. The normalized spacial score (nSPS) is 14.1. The lowest BCUT2D eigenvalue weighted by atomic mass is 9.97. The molecule has 0 spiro atoms. The van der Waals surface area contributed by atoms with Crippen molar-refractivity contribution in [2.45, 2.75) is 45.4 Å². The average Bonchev–Trinajstić information content (AvgIpc) is 2.53. The van der Waals surface area contributed by atoms with Gasteiger partial charge in [0.15, 0.2) is 0 Å².